The first kappa shape index (κ1) is 9.88. The molecule has 3 heteroatoms. The first-order valence-electron chi connectivity index (χ1n) is 3.58. The van der Waals surface area contributed by atoms with Gasteiger partial charge in [0.25, 0.3) is 0 Å². The van der Waals surface area contributed by atoms with E-state index in [9.17, 15) is 0 Å². The van der Waals surface area contributed by atoms with Crippen molar-refractivity contribution in [3.8, 4) is 0 Å². The van der Waals surface area contributed by atoms with Crippen molar-refractivity contribution in [1.29, 1.82) is 0 Å². The minimum Gasteiger partial charge on any atom is -0.328 e. The lowest BCUT2D eigenvalue weighted by molar-refractivity contribution is -0.117. The van der Waals surface area contributed by atoms with Crippen LogP contribution in [0.2, 0.25) is 0 Å². The Morgan fingerprint density at radius 3 is 2.30 bits per heavy atom. The molecule has 0 aliphatic carbocycles. The van der Waals surface area contributed by atoms with Gasteiger partial charge in [0, 0.05) is 19.6 Å². The Bertz CT molecular complexity index is 85.7. The van der Waals surface area contributed by atoms with Crippen LogP contribution in [0.3, 0.4) is 0 Å². The summed E-state index contributed by atoms with van der Waals surface area (Å²) in [5.41, 5.74) is 5.66. The third-order valence-corrected chi connectivity index (χ3v) is 1.75. The Labute approximate surface area is 63.1 Å². The average Bonchev–Trinajstić information content (AvgIpc) is 1.87. The van der Waals surface area contributed by atoms with Gasteiger partial charge < -0.3 is 10.6 Å². The Kier molecular flexibility index (Phi) is 4.60. The van der Waals surface area contributed by atoms with Gasteiger partial charge >= 0.3 is 0 Å². The molecule has 10 heavy (non-hydrogen) atoms. The van der Waals surface area contributed by atoms with Gasteiger partial charge in [-0.1, -0.05) is 6.92 Å². The minimum atomic E-state index is 0.234. The molecule has 0 radical (unpaired) electrons. The Hall–Kier alpha value is -0.120. The zero-order valence-electron chi connectivity index (χ0n) is 7.29. The van der Waals surface area contributed by atoms with E-state index in [1.54, 1.807) is 12.2 Å². The van der Waals surface area contributed by atoms with Gasteiger partial charge in [0.2, 0.25) is 0 Å². The largest absolute Gasteiger partial charge is 0.328 e. The van der Waals surface area contributed by atoms with E-state index >= 15 is 0 Å². The first-order chi connectivity index (χ1) is 4.57. The number of hydrogen-bond donors (Lipinski definition) is 1. The van der Waals surface area contributed by atoms with Crippen molar-refractivity contribution in [3.63, 3.8) is 0 Å². The maximum absolute atomic E-state index is 5.66. The fourth-order valence-electron chi connectivity index (χ4n) is 0.646. The molecule has 0 aromatic rings. The molecule has 0 fully saturated rings. The molecule has 2 unspecified atom stereocenters. The smallest absolute Gasteiger partial charge is 0.0575 e. The van der Waals surface area contributed by atoms with Gasteiger partial charge in [-0.2, -0.15) is 5.06 Å². The molecule has 0 aromatic carbocycles. The molecule has 2 N–H and O–H groups in total. The zero-order chi connectivity index (χ0) is 8.15. The highest BCUT2D eigenvalue weighted by molar-refractivity contribution is 4.63. The van der Waals surface area contributed by atoms with Crippen LogP contribution in [0.5, 0.6) is 0 Å². The van der Waals surface area contributed by atoms with Crippen LogP contribution < -0.4 is 5.73 Å². The van der Waals surface area contributed by atoms with Crippen molar-refractivity contribution in [2.75, 3.05) is 20.7 Å². The normalized spacial score (nSPS) is 17.4. The summed E-state index contributed by atoms with van der Waals surface area (Å²) in [6.45, 7) is 5.00. The molecule has 0 rings (SSSR count). The summed E-state index contributed by atoms with van der Waals surface area (Å²) in [7, 11) is 3.56. The van der Waals surface area contributed by atoms with Gasteiger partial charge in [0.05, 0.1) is 7.11 Å². The minimum absolute atomic E-state index is 0.234. The molecule has 0 aromatic heterocycles. The lowest BCUT2D eigenvalue weighted by Crippen LogP contribution is -2.33. The summed E-state index contributed by atoms with van der Waals surface area (Å²) in [5.74, 6) is 0.477. The molecule has 62 valence electrons. The first-order valence-corrected chi connectivity index (χ1v) is 3.58. The molecule has 0 aliphatic rings. The topological polar surface area (TPSA) is 38.5 Å². The van der Waals surface area contributed by atoms with E-state index in [0.29, 0.717) is 5.92 Å². The predicted molar refractivity (Wildman–Crippen MR) is 42.5 cm³/mol. The Morgan fingerprint density at radius 2 is 2.00 bits per heavy atom. The van der Waals surface area contributed by atoms with Crippen molar-refractivity contribution in [2.45, 2.75) is 19.9 Å². The van der Waals surface area contributed by atoms with Gasteiger partial charge in [-0.25, -0.2) is 0 Å². The number of nitrogens with two attached hydrogens (primary N) is 1. The van der Waals surface area contributed by atoms with Crippen LogP contribution in [0.25, 0.3) is 0 Å². The lowest BCUT2D eigenvalue weighted by Gasteiger charge is -2.21. The van der Waals surface area contributed by atoms with Crippen LogP contribution in [0.1, 0.15) is 13.8 Å². The summed E-state index contributed by atoms with van der Waals surface area (Å²) < 4.78 is 0. The zero-order valence-corrected chi connectivity index (χ0v) is 7.29. The van der Waals surface area contributed by atoms with Crippen LogP contribution in [0, 0.1) is 5.92 Å². The molecule has 2 atom stereocenters. The number of rotatable bonds is 4. The van der Waals surface area contributed by atoms with Crippen molar-refractivity contribution < 1.29 is 4.84 Å². The summed E-state index contributed by atoms with van der Waals surface area (Å²) in [6, 6.07) is 0.234. The van der Waals surface area contributed by atoms with Crippen LogP contribution in [0.4, 0.5) is 0 Å². The summed E-state index contributed by atoms with van der Waals surface area (Å²) in [5, 5.41) is 1.79. The van der Waals surface area contributed by atoms with Gasteiger partial charge in [0.1, 0.15) is 0 Å². The highest BCUT2D eigenvalue weighted by atomic mass is 16.7. The van der Waals surface area contributed by atoms with E-state index in [0.717, 1.165) is 6.54 Å². The second-order valence-corrected chi connectivity index (χ2v) is 2.83. The fraction of sp³-hybridized carbons (Fsp3) is 1.00. The van der Waals surface area contributed by atoms with E-state index in [2.05, 4.69) is 6.92 Å². The molecule has 3 nitrogen and oxygen atoms in total. The third-order valence-electron chi connectivity index (χ3n) is 1.75. The fourth-order valence-corrected chi connectivity index (χ4v) is 0.646. The molecule has 0 saturated heterocycles. The molecule has 0 bridgehead atoms. The Balaban J connectivity index is 3.46. The maximum Gasteiger partial charge on any atom is 0.0575 e. The molecule has 0 spiro atoms. The van der Waals surface area contributed by atoms with Crippen LogP contribution in [0.15, 0.2) is 0 Å². The predicted octanol–water partition coefficient (Wildman–Crippen LogP) is 0.463. The quantitative estimate of drug-likeness (QED) is 0.586. The summed E-state index contributed by atoms with van der Waals surface area (Å²) in [4.78, 5) is 4.95. The molecule has 0 heterocycles. The van der Waals surface area contributed by atoms with Gasteiger partial charge in [-0.15, -0.1) is 0 Å². The lowest BCUT2D eigenvalue weighted by atomic mass is 10.1. The van der Waals surface area contributed by atoms with Crippen molar-refractivity contribution in [3.05, 3.63) is 0 Å². The Morgan fingerprint density at radius 1 is 1.50 bits per heavy atom. The van der Waals surface area contributed by atoms with Crippen LogP contribution >= 0.6 is 0 Å². The standard InChI is InChI=1S/C7H18N2O/c1-6(7(2)8)5-9(3)10-4/h6-7H,5,8H2,1-4H3. The second-order valence-electron chi connectivity index (χ2n) is 2.83. The van der Waals surface area contributed by atoms with E-state index < -0.39 is 0 Å². The molecular formula is C7H18N2O. The number of hydrogen-bond acceptors (Lipinski definition) is 3. The van der Waals surface area contributed by atoms with E-state index in [1.807, 2.05) is 14.0 Å². The van der Waals surface area contributed by atoms with Crippen molar-refractivity contribution in [1.82, 2.24) is 5.06 Å². The second kappa shape index (κ2) is 4.66. The van der Waals surface area contributed by atoms with E-state index in [1.165, 1.54) is 0 Å². The summed E-state index contributed by atoms with van der Waals surface area (Å²) in [6.07, 6.45) is 0. The van der Waals surface area contributed by atoms with Crippen LogP contribution in [-0.2, 0) is 4.84 Å². The van der Waals surface area contributed by atoms with Gasteiger partial charge in [-0.3, -0.25) is 0 Å². The van der Waals surface area contributed by atoms with E-state index in [4.69, 9.17) is 10.6 Å². The SMILES string of the molecule is CON(C)CC(C)C(C)N. The summed E-state index contributed by atoms with van der Waals surface area (Å²) >= 11 is 0. The van der Waals surface area contributed by atoms with Crippen molar-refractivity contribution >= 4 is 0 Å². The van der Waals surface area contributed by atoms with Crippen molar-refractivity contribution in [2.24, 2.45) is 11.7 Å². The molecule has 0 aliphatic heterocycles. The van der Waals surface area contributed by atoms with Gasteiger partial charge in [0.15, 0.2) is 0 Å². The maximum atomic E-state index is 5.66. The third kappa shape index (κ3) is 3.82. The monoisotopic (exact) mass is 146 g/mol. The number of hydroxylamine groups is 2. The van der Waals surface area contributed by atoms with Gasteiger partial charge in [-0.05, 0) is 12.8 Å². The van der Waals surface area contributed by atoms with Crippen LogP contribution in [-0.4, -0.2) is 31.8 Å². The number of nitrogens with zero attached hydrogens (tertiary/aromatic N) is 1. The molecule has 0 saturated carbocycles. The average molecular weight is 146 g/mol. The highest BCUT2D eigenvalue weighted by Crippen LogP contribution is 2.01. The molecular weight excluding hydrogens is 128 g/mol. The van der Waals surface area contributed by atoms with E-state index in [-0.39, 0.29) is 6.04 Å². The molecule has 0 amide bonds. The highest BCUT2D eigenvalue weighted by Gasteiger charge is 2.09.